The molecule has 2 aromatic rings. The average molecular weight is 321 g/mol. The van der Waals surface area contributed by atoms with E-state index in [1.165, 1.54) is 11.8 Å². The number of carbonyl (C=O) groups excluding carboxylic acids is 1. The minimum absolute atomic E-state index is 0.0970. The Kier molecular flexibility index (Phi) is 6.20. The summed E-state index contributed by atoms with van der Waals surface area (Å²) >= 11 is 1.33. The lowest BCUT2D eigenvalue weighted by molar-refractivity contribution is -0.113. The van der Waals surface area contributed by atoms with E-state index in [0.717, 1.165) is 30.8 Å². The second-order valence-corrected chi connectivity index (χ2v) is 5.55. The van der Waals surface area contributed by atoms with E-state index in [1.807, 2.05) is 0 Å². The molecule has 0 bridgehead atoms. The maximum absolute atomic E-state index is 11.9. The molecule has 2 rings (SSSR count). The lowest BCUT2D eigenvalue weighted by Gasteiger charge is -2.06. The van der Waals surface area contributed by atoms with Gasteiger partial charge in [-0.1, -0.05) is 25.1 Å². The topological polar surface area (TPSA) is 81.9 Å². The smallest absolute Gasteiger partial charge is 0.234 e. The summed E-state index contributed by atoms with van der Waals surface area (Å²) < 4.78 is 6.81. The molecule has 0 aliphatic heterocycles. The van der Waals surface area contributed by atoms with Crippen molar-refractivity contribution >= 4 is 23.4 Å². The summed E-state index contributed by atoms with van der Waals surface area (Å²) in [4.78, 5) is 11.9. The van der Waals surface area contributed by atoms with Crippen LogP contribution in [-0.2, 0) is 11.3 Å². The Labute approximate surface area is 133 Å². The fourth-order valence-corrected chi connectivity index (χ4v) is 2.45. The molecule has 0 radical (unpaired) electrons. The lowest BCUT2D eigenvalue weighted by Crippen LogP contribution is -2.14. The number of unbranched alkanes of at least 4 members (excludes halogenated alkanes) is 1. The molecule has 1 N–H and O–H groups in total. The molecule has 22 heavy (non-hydrogen) atoms. The highest BCUT2D eigenvalue weighted by molar-refractivity contribution is 7.99. The van der Waals surface area contributed by atoms with Crippen LogP contribution >= 0.6 is 11.8 Å². The largest absolute Gasteiger partial charge is 0.497 e. The van der Waals surface area contributed by atoms with Crippen LogP contribution < -0.4 is 10.1 Å². The van der Waals surface area contributed by atoms with Crippen molar-refractivity contribution in [2.45, 2.75) is 31.5 Å². The highest BCUT2D eigenvalue weighted by Gasteiger charge is 2.10. The number of nitrogens with zero attached hydrogens (tertiary/aromatic N) is 4. The number of hydrogen-bond acceptors (Lipinski definition) is 6. The summed E-state index contributed by atoms with van der Waals surface area (Å²) in [6, 6.07) is 7.20. The van der Waals surface area contributed by atoms with Crippen LogP contribution in [0, 0.1) is 0 Å². The Balaban J connectivity index is 1.83. The number of tetrazole rings is 1. The molecule has 118 valence electrons. The van der Waals surface area contributed by atoms with Crippen LogP contribution in [0.4, 0.5) is 5.69 Å². The third-order valence-corrected chi connectivity index (χ3v) is 3.89. The zero-order chi connectivity index (χ0) is 15.8. The minimum atomic E-state index is -0.0970. The van der Waals surface area contributed by atoms with Gasteiger partial charge in [-0.05, 0) is 41.1 Å². The van der Waals surface area contributed by atoms with Crippen LogP contribution in [0.5, 0.6) is 5.75 Å². The number of rotatable bonds is 8. The zero-order valence-electron chi connectivity index (χ0n) is 12.7. The van der Waals surface area contributed by atoms with E-state index < -0.39 is 0 Å². The monoisotopic (exact) mass is 321 g/mol. The molecule has 0 saturated heterocycles. The van der Waals surface area contributed by atoms with Gasteiger partial charge in [0.2, 0.25) is 11.1 Å². The van der Waals surface area contributed by atoms with E-state index in [-0.39, 0.29) is 11.7 Å². The molecule has 1 aromatic heterocycles. The predicted molar refractivity (Wildman–Crippen MR) is 85.1 cm³/mol. The number of carbonyl (C=O) groups is 1. The SMILES string of the molecule is CCCCn1nnnc1SCC(=O)Nc1ccc(OC)cc1. The number of aromatic nitrogens is 4. The van der Waals surface area contributed by atoms with E-state index in [1.54, 1.807) is 36.1 Å². The van der Waals surface area contributed by atoms with Gasteiger partial charge in [-0.15, -0.1) is 5.10 Å². The zero-order valence-corrected chi connectivity index (χ0v) is 13.5. The number of aryl methyl sites for hydroxylation is 1. The number of ether oxygens (including phenoxy) is 1. The quantitative estimate of drug-likeness (QED) is 0.751. The van der Waals surface area contributed by atoms with Gasteiger partial charge >= 0.3 is 0 Å². The van der Waals surface area contributed by atoms with E-state index in [9.17, 15) is 4.79 Å². The number of thioether (sulfide) groups is 1. The molecule has 0 atom stereocenters. The summed E-state index contributed by atoms with van der Waals surface area (Å²) in [5.41, 5.74) is 0.733. The molecule has 8 heteroatoms. The number of anilines is 1. The molecule has 0 fully saturated rings. The summed E-state index contributed by atoms with van der Waals surface area (Å²) in [5, 5.41) is 15.0. The van der Waals surface area contributed by atoms with Crippen LogP contribution in [0.1, 0.15) is 19.8 Å². The maximum atomic E-state index is 11.9. The Bertz CT molecular complexity index is 600. The molecular formula is C14H19N5O2S. The first-order chi connectivity index (χ1) is 10.7. The van der Waals surface area contributed by atoms with Gasteiger partial charge in [0.1, 0.15) is 5.75 Å². The van der Waals surface area contributed by atoms with Gasteiger partial charge in [0.05, 0.1) is 12.9 Å². The van der Waals surface area contributed by atoms with Gasteiger partial charge in [0.25, 0.3) is 0 Å². The van der Waals surface area contributed by atoms with Crippen molar-refractivity contribution in [3.63, 3.8) is 0 Å². The average Bonchev–Trinajstić information content (AvgIpc) is 2.99. The van der Waals surface area contributed by atoms with Crippen molar-refractivity contribution in [3.8, 4) is 5.75 Å². The Morgan fingerprint density at radius 2 is 2.14 bits per heavy atom. The van der Waals surface area contributed by atoms with E-state index in [4.69, 9.17) is 4.74 Å². The second-order valence-electron chi connectivity index (χ2n) is 4.60. The minimum Gasteiger partial charge on any atom is -0.497 e. The van der Waals surface area contributed by atoms with E-state index in [2.05, 4.69) is 27.8 Å². The fourth-order valence-electron chi connectivity index (χ4n) is 1.75. The Hall–Kier alpha value is -2.09. The van der Waals surface area contributed by atoms with Crippen molar-refractivity contribution in [1.82, 2.24) is 20.2 Å². The highest BCUT2D eigenvalue weighted by atomic mass is 32.2. The molecule has 1 heterocycles. The normalized spacial score (nSPS) is 10.5. The molecular weight excluding hydrogens is 302 g/mol. The summed E-state index contributed by atoms with van der Waals surface area (Å²) in [6.07, 6.45) is 2.08. The summed E-state index contributed by atoms with van der Waals surface area (Å²) in [5.74, 6) is 0.918. The van der Waals surface area contributed by atoms with Crippen LogP contribution in [0.3, 0.4) is 0 Å². The first-order valence-electron chi connectivity index (χ1n) is 7.05. The predicted octanol–water partition coefficient (Wildman–Crippen LogP) is 2.21. The lowest BCUT2D eigenvalue weighted by atomic mass is 10.3. The number of amides is 1. The van der Waals surface area contributed by atoms with E-state index in [0.29, 0.717) is 5.16 Å². The standard InChI is InChI=1S/C14H19N5O2S/c1-3-4-9-19-14(16-17-18-19)22-10-13(20)15-11-5-7-12(21-2)8-6-11/h5-8H,3-4,9-10H2,1-2H3,(H,15,20). The van der Waals surface area contributed by atoms with Gasteiger partial charge in [0.15, 0.2) is 0 Å². The Morgan fingerprint density at radius 1 is 1.36 bits per heavy atom. The highest BCUT2D eigenvalue weighted by Crippen LogP contribution is 2.17. The number of hydrogen-bond donors (Lipinski definition) is 1. The molecule has 0 aliphatic rings. The van der Waals surface area contributed by atoms with Gasteiger partial charge in [0, 0.05) is 12.2 Å². The second kappa shape index (κ2) is 8.38. The molecule has 0 aliphatic carbocycles. The van der Waals surface area contributed by atoms with Crippen molar-refractivity contribution in [1.29, 1.82) is 0 Å². The van der Waals surface area contributed by atoms with E-state index >= 15 is 0 Å². The molecule has 0 unspecified atom stereocenters. The van der Waals surface area contributed by atoms with Crippen molar-refractivity contribution in [3.05, 3.63) is 24.3 Å². The molecule has 1 aromatic carbocycles. The fraction of sp³-hybridized carbons (Fsp3) is 0.429. The third kappa shape index (κ3) is 4.73. The molecule has 0 saturated carbocycles. The summed E-state index contributed by atoms with van der Waals surface area (Å²) in [6.45, 7) is 2.88. The maximum Gasteiger partial charge on any atom is 0.234 e. The number of benzene rings is 1. The van der Waals surface area contributed by atoms with Gasteiger partial charge < -0.3 is 10.1 Å². The van der Waals surface area contributed by atoms with Crippen LogP contribution in [0.15, 0.2) is 29.4 Å². The van der Waals surface area contributed by atoms with Crippen LogP contribution in [-0.4, -0.2) is 39.0 Å². The molecule has 7 nitrogen and oxygen atoms in total. The summed E-state index contributed by atoms with van der Waals surface area (Å²) in [7, 11) is 1.60. The van der Waals surface area contributed by atoms with Crippen LogP contribution in [0.2, 0.25) is 0 Å². The van der Waals surface area contributed by atoms with Crippen molar-refractivity contribution in [2.24, 2.45) is 0 Å². The number of nitrogens with one attached hydrogen (secondary N) is 1. The number of methoxy groups -OCH3 is 1. The van der Waals surface area contributed by atoms with Crippen molar-refractivity contribution < 1.29 is 9.53 Å². The van der Waals surface area contributed by atoms with Gasteiger partial charge in [-0.25, -0.2) is 4.68 Å². The third-order valence-electron chi connectivity index (χ3n) is 2.93. The first kappa shape index (κ1) is 16.3. The van der Waals surface area contributed by atoms with Gasteiger partial charge in [-0.2, -0.15) is 0 Å². The van der Waals surface area contributed by atoms with Crippen LogP contribution in [0.25, 0.3) is 0 Å². The molecule has 0 spiro atoms. The first-order valence-corrected chi connectivity index (χ1v) is 8.04. The van der Waals surface area contributed by atoms with Crippen molar-refractivity contribution in [2.75, 3.05) is 18.2 Å². The van der Waals surface area contributed by atoms with Gasteiger partial charge in [-0.3, -0.25) is 4.79 Å². The molecule has 1 amide bonds. The Morgan fingerprint density at radius 3 is 2.82 bits per heavy atom.